The number of anilines is 3. The third-order valence-corrected chi connectivity index (χ3v) is 5.56. The number of hydrogen-bond acceptors (Lipinski definition) is 5. The van der Waals surface area contributed by atoms with Crippen LogP contribution in [-0.4, -0.2) is 40.2 Å². The van der Waals surface area contributed by atoms with Crippen molar-refractivity contribution < 1.29 is 14.7 Å². The number of carboxylic acids is 1. The summed E-state index contributed by atoms with van der Waals surface area (Å²) in [6.45, 7) is 12.2. The van der Waals surface area contributed by atoms with Crippen LogP contribution in [0.4, 0.5) is 21.9 Å². The number of amides is 2. The van der Waals surface area contributed by atoms with Crippen molar-refractivity contribution in [3.05, 3.63) is 54.4 Å². The number of rotatable bonds is 10. The molecule has 2 aromatic carbocycles. The van der Waals surface area contributed by atoms with E-state index in [0.29, 0.717) is 28.7 Å². The van der Waals surface area contributed by atoms with Gasteiger partial charge in [-0.2, -0.15) is 0 Å². The van der Waals surface area contributed by atoms with Crippen LogP contribution < -0.4 is 15.5 Å². The van der Waals surface area contributed by atoms with Crippen LogP contribution in [0, 0.1) is 11.8 Å². The van der Waals surface area contributed by atoms with Gasteiger partial charge in [0.25, 0.3) is 0 Å². The van der Waals surface area contributed by atoms with E-state index >= 15 is 0 Å². The van der Waals surface area contributed by atoms with Crippen molar-refractivity contribution in [3.63, 3.8) is 0 Å². The fourth-order valence-electron chi connectivity index (χ4n) is 4.09. The Morgan fingerprint density at radius 3 is 2.17 bits per heavy atom. The van der Waals surface area contributed by atoms with E-state index in [2.05, 4.69) is 53.2 Å². The molecule has 1 heterocycles. The van der Waals surface area contributed by atoms with Crippen LogP contribution in [0.1, 0.15) is 52.5 Å². The Morgan fingerprint density at radius 1 is 0.886 bits per heavy atom. The van der Waals surface area contributed by atoms with Crippen LogP contribution in [0.25, 0.3) is 11.0 Å². The number of carbonyl (C=O) groups is 2. The number of carbonyl (C=O) groups excluding carboxylic acids is 1. The number of nitrogens with one attached hydrogen (secondary N) is 2. The summed E-state index contributed by atoms with van der Waals surface area (Å²) in [5.41, 5.74) is 4.47. The minimum Gasteiger partial charge on any atom is -0.481 e. The van der Waals surface area contributed by atoms with Gasteiger partial charge >= 0.3 is 12.0 Å². The van der Waals surface area contributed by atoms with Gasteiger partial charge in [-0.15, -0.1) is 0 Å². The van der Waals surface area contributed by atoms with E-state index in [-0.39, 0.29) is 18.4 Å². The molecule has 0 radical (unpaired) electrons. The molecule has 3 rings (SSSR count). The van der Waals surface area contributed by atoms with Crippen molar-refractivity contribution in [2.75, 3.05) is 28.6 Å². The Hall–Kier alpha value is -3.68. The van der Waals surface area contributed by atoms with Crippen LogP contribution >= 0.6 is 0 Å². The summed E-state index contributed by atoms with van der Waals surface area (Å²) in [5, 5.41) is 15.1. The Balaban J connectivity index is 1.91. The molecule has 186 valence electrons. The number of aliphatic carboxylic acids is 1. The zero-order chi connectivity index (χ0) is 25.5. The number of benzene rings is 2. The molecular weight excluding hydrogens is 442 g/mol. The minimum atomic E-state index is -0.852. The van der Waals surface area contributed by atoms with Crippen molar-refractivity contribution >= 4 is 40.1 Å². The first-order chi connectivity index (χ1) is 16.6. The Bertz CT molecular complexity index is 1170. The smallest absolute Gasteiger partial charge is 0.323 e. The lowest BCUT2D eigenvalue weighted by Crippen LogP contribution is -2.32. The third-order valence-electron chi connectivity index (χ3n) is 5.56. The first-order valence-electron chi connectivity index (χ1n) is 12.0. The molecule has 8 nitrogen and oxygen atoms in total. The average Bonchev–Trinajstić information content (AvgIpc) is 2.77. The van der Waals surface area contributed by atoms with E-state index in [1.54, 1.807) is 24.5 Å². The van der Waals surface area contributed by atoms with Gasteiger partial charge in [-0.3, -0.25) is 14.8 Å². The lowest BCUT2D eigenvalue weighted by molar-refractivity contribution is -0.137. The maximum Gasteiger partial charge on any atom is 0.323 e. The molecule has 0 bridgehead atoms. The van der Waals surface area contributed by atoms with Crippen molar-refractivity contribution in [3.8, 4) is 0 Å². The molecule has 2 amide bonds. The van der Waals surface area contributed by atoms with Crippen LogP contribution in [0.5, 0.6) is 0 Å². The van der Waals surface area contributed by atoms with Gasteiger partial charge in [-0.25, -0.2) is 4.79 Å². The normalized spacial score (nSPS) is 12.1. The number of carboxylic acid groups (broad SMARTS) is 1. The number of nitrogens with zero attached hydrogens (tertiary/aromatic N) is 3. The quantitative estimate of drug-likeness (QED) is 0.332. The molecule has 35 heavy (non-hydrogen) atoms. The maximum atomic E-state index is 13.0. The average molecular weight is 478 g/mol. The highest BCUT2D eigenvalue weighted by Crippen LogP contribution is 2.32. The van der Waals surface area contributed by atoms with Gasteiger partial charge in [0.15, 0.2) is 0 Å². The Kier molecular flexibility index (Phi) is 8.63. The number of aromatic nitrogens is 2. The zero-order valence-corrected chi connectivity index (χ0v) is 21.1. The summed E-state index contributed by atoms with van der Waals surface area (Å²) in [7, 11) is 0. The Morgan fingerprint density at radius 2 is 1.54 bits per heavy atom. The summed E-state index contributed by atoms with van der Waals surface area (Å²) in [4.78, 5) is 35.1. The summed E-state index contributed by atoms with van der Waals surface area (Å²) in [6, 6.07) is 10.8. The number of urea groups is 1. The van der Waals surface area contributed by atoms with Crippen molar-refractivity contribution in [1.29, 1.82) is 0 Å². The van der Waals surface area contributed by atoms with E-state index in [9.17, 15) is 14.7 Å². The molecular formula is C27H35N5O3. The molecule has 3 N–H and O–H groups in total. The van der Waals surface area contributed by atoms with E-state index in [1.165, 1.54) is 0 Å². The van der Waals surface area contributed by atoms with Gasteiger partial charge in [0.1, 0.15) is 0 Å². The minimum absolute atomic E-state index is 0.0187. The molecule has 0 aliphatic rings. The SMILES string of the molecule is CC(C)CN(CC(C)C)c1ccc([C@H](C)CC(=O)O)cc1NC(=O)Nc1ccc2nccnc2c1. The number of fused-ring (bicyclic) bond motifs is 1. The van der Waals surface area contributed by atoms with Crippen LogP contribution in [-0.2, 0) is 4.79 Å². The predicted molar refractivity (Wildman–Crippen MR) is 141 cm³/mol. The molecule has 0 aliphatic carbocycles. The second-order valence-electron chi connectivity index (χ2n) is 9.81. The maximum absolute atomic E-state index is 13.0. The van der Waals surface area contributed by atoms with E-state index < -0.39 is 5.97 Å². The van der Waals surface area contributed by atoms with Crippen molar-refractivity contribution in [2.24, 2.45) is 11.8 Å². The highest BCUT2D eigenvalue weighted by atomic mass is 16.4. The van der Waals surface area contributed by atoms with E-state index in [4.69, 9.17) is 0 Å². The summed E-state index contributed by atoms with van der Waals surface area (Å²) < 4.78 is 0. The van der Waals surface area contributed by atoms with E-state index in [1.807, 2.05) is 31.2 Å². The van der Waals surface area contributed by atoms with Gasteiger partial charge in [-0.05, 0) is 53.6 Å². The highest BCUT2D eigenvalue weighted by Gasteiger charge is 2.19. The first kappa shape index (κ1) is 25.9. The fraction of sp³-hybridized carbons (Fsp3) is 0.407. The van der Waals surface area contributed by atoms with Gasteiger partial charge < -0.3 is 20.6 Å². The summed E-state index contributed by atoms with van der Waals surface area (Å²) >= 11 is 0. The summed E-state index contributed by atoms with van der Waals surface area (Å²) in [6.07, 6.45) is 3.26. The molecule has 0 unspecified atom stereocenters. The van der Waals surface area contributed by atoms with Crippen molar-refractivity contribution in [1.82, 2.24) is 9.97 Å². The van der Waals surface area contributed by atoms with Gasteiger partial charge in [0.2, 0.25) is 0 Å². The van der Waals surface area contributed by atoms with Gasteiger partial charge in [0.05, 0.1) is 28.8 Å². The lowest BCUT2D eigenvalue weighted by Gasteiger charge is -2.31. The molecule has 0 spiro atoms. The first-order valence-corrected chi connectivity index (χ1v) is 12.0. The number of hydrogen-bond donors (Lipinski definition) is 3. The standard InChI is InChI=1S/C27H35N5O3/c1-17(2)15-32(16-18(3)4)25-9-6-20(19(5)12-26(33)34)13-24(25)31-27(35)30-21-7-8-22-23(14-21)29-11-10-28-22/h6-11,13-14,17-19H,12,15-16H2,1-5H3,(H,33,34)(H2,30,31,35)/t19-/m1/s1. The Labute approximate surface area is 206 Å². The topological polar surface area (TPSA) is 107 Å². The van der Waals surface area contributed by atoms with E-state index in [0.717, 1.165) is 29.9 Å². The molecule has 0 saturated heterocycles. The zero-order valence-electron chi connectivity index (χ0n) is 21.1. The molecule has 1 atom stereocenters. The second-order valence-corrected chi connectivity index (χ2v) is 9.81. The predicted octanol–water partition coefficient (Wildman–Crippen LogP) is 5.97. The molecule has 1 aromatic heterocycles. The molecule has 0 aliphatic heterocycles. The summed E-state index contributed by atoms with van der Waals surface area (Å²) in [5.74, 6) is -0.179. The van der Waals surface area contributed by atoms with Gasteiger partial charge in [0, 0.05) is 31.2 Å². The monoisotopic (exact) mass is 477 g/mol. The molecule has 3 aromatic rings. The fourth-order valence-corrected chi connectivity index (χ4v) is 4.09. The van der Waals surface area contributed by atoms with Crippen molar-refractivity contribution in [2.45, 2.75) is 47.0 Å². The second kappa shape index (κ2) is 11.6. The molecule has 0 fully saturated rings. The molecule has 0 saturated carbocycles. The van der Waals surface area contributed by atoms with Crippen LogP contribution in [0.15, 0.2) is 48.8 Å². The van der Waals surface area contributed by atoms with Crippen LogP contribution in [0.3, 0.4) is 0 Å². The lowest BCUT2D eigenvalue weighted by atomic mass is 9.96. The highest BCUT2D eigenvalue weighted by molar-refractivity contribution is 6.02. The largest absolute Gasteiger partial charge is 0.481 e. The van der Waals surface area contributed by atoms with Gasteiger partial charge in [-0.1, -0.05) is 40.7 Å². The van der Waals surface area contributed by atoms with Crippen LogP contribution in [0.2, 0.25) is 0 Å². The third kappa shape index (κ3) is 7.40. The molecule has 8 heteroatoms.